The predicted molar refractivity (Wildman–Crippen MR) is 114 cm³/mol. The molecular formula is C22H18F6N6O2. The largest absolute Gasteiger partial charge is 0.432 e. The Kier molecular flexibility index (Phi) is 5.46. The number of anilines is 2. The van der Waals surface area contributed by atoms with Crippen LogP contribution in [0.4, 0.5) is 37.8 Å². The second-order valence-electron chi connectivity index (χ2n) is 8.52. The average molecular weight is 512 g/mol. The van der Waals surface area contributed by atoms with E-state index in [-0.39, 0.29) is 18.2 Å². The lowest BCUT2D eigenvalue weighted by atomic mass is 9.96. The molecule has 14 heteroatoms. The van der Waals surface area contributed by atoms with Crippen LogP contribution < -0.4 is 10.6 Å². The van der Waals surface area contributed by atoms with Crippen LogP contribution in [0.2, 0.25) is 0 Å². The number of hydrogen-bond donors (Lipinski definition) is 2. The molecule has 2 atom stereocenters. The molecule has 5 rings (SSSR count). The van der Waals surface area contributed by atoms with Gasteiger partial charge in [-0.05, 0) is 43.0 Å². The van der Waals surface area contributed by atoms with Crippen molar-refractivity contribution in [3.05, 3.63) is 53.2 Å². The van der Waals surface area contributed by atoms with Gasteiger partial charge in [0.05, 0.1) is 11.4 Å². The predicted octanol–water partition coefficient (Wildman–Crippen LogP) is 4.31. The highest BCUT2D eigenvalue weighted by atomic mass is 19.4. The first-order valence-corrected chi connectivity index (χ1v) is 10.8. The zero-order valence-electron chi connectivity index (χ0n) is 18.3. The van der Waals surface area contributed by atoms with Crippen molar-refractivity contribution in [3.63, 3.8) is 0 Å². The summed E-state index contributed by atoms with van der Waals surface area (Å²) in [6.45, 7) is 0.278. The highest BCUT2D eigenvalue weighted by Gasteiger charge is 2.61. The monoisotopic (exact) mass is 512 g/mol. The van der Waals surface area contributed by atoms with Gasteiger partial charge in [-0.3, -0.25) is 4.98 Å². The van der Waals surface area contributed by atoms with Crippen molar-refractivity contribution in [2.75, 3.05) is 17.2 Å². The summed E-state index contributed by atoms with van der Waals surface area (Å²) in [7, 11) is 0. The minimum atomic E-state index is -5.34. The Hall–Kier alpha value is -3.68. The number of aliphatic hydroxyl groups is 1. The number of pyridine rings is 2. The van der Waals surface area contributed by atoms with Gasteiger partial charge in [0.2, 0.25) is 0 Å². The number of fused-ring (bicyclic) bond motifs is 9. The summed E-state index contributed by atoms with van der Waals surface area (Å²) in [4.78, 5) is 9.23. The van der Waals surface area contributed by atoms with Gasteiger partial charge in [-0.15, -0.1) is 10.2 Å². The van der Waals surface area contributed by atoms with E-state index in [0.29, 0.717) is 25.3 Å². The number of aromatic nitrogens is 4. The van der Waals surface area contributed by atoms with E-state index < -0.39 is 58.2 Å². The van der Waals surface area contributed by atoms with Crippen molar-refractivity contribution < 1.29 is 35.9 Å². The zero-order chi connectivity index (χ0) is 25.9. The molecule has 6 bridgehead atoms. The molecule has 2 aliphatic rings. The minimum Gasteiger partial charge on any atom is -0.415 e. The van der Waals surface area contributed by atoms with Gasteiger partial charge < -0.3 is 20.2 Å². The third-order valence-corrected chi connectivity index (χ3v) is 6.21. The molecule has 1 unspecified atom stereocenters. The van der Waals surface area contributed by atoms with Crippen molar-refractivity contribution in [1.29, 1.82) is 0 Å². The fraction of sp³-hybridized carbons (Fsp3) is 0.364. The lowest BCUT2D eigenvalue weighted by Crippen LogP contribution is -2.44. The van der Waals surface area contributed by atoms with E-state index in [1.165, 1.54) is 17.0 Å². The molecular weight excluding hydrogens is 494 g/mol. The van der Waals surface area contributed by atoms with E-state index in [9.17, 15) is 31.4 Å². The van der Waals surface area contributed by atoms with Crippen LogP contribution in [0.15, 0.2) is 34.9 Å². The summed E-state index contributed by atoms with van der Waals surface area (Å²) in [5.74, 6) is -2.40. The summed E-state index contributed by atoms with van der Waals surface area (Å²) in [5, 5.41) is 17.7. The van der Waals surface area contributed by atoms with E-state index >= 15 is 0 Å². The van der Waals surface area contributed by atoms with Crippen LogP contribution in [0.5, 0.6) is 0 Å². The maximum absolute atomic E-state index is 14.2. The second kappa shape index (κ2) is 8.18. The highest BCUT2D eigenvalue weighted by Crippen LogP contribution is 2.45. The van der Waals surface area contributed by atoms with Gasteiger partial charge in [0.15, 0.2) is 5.69 Å². The topological polar surface area (TPSA) is 114 Å². The first kappa shape index (κ1) is 24.0. The van der Waals surface area contributed by atoms with Crippen molar-refractivity contribution in [2.45, 2.75) is 43.3 Å². The van der Waals surface area contributed by atoms with Gasteiger partial charge >= 0.3 is 12.4 Å². The molecule has 1 saturated heterocycles. The van der Waals surface area contributed by atoms with Crippen molar-refractivity contribution >= 4 is 17.6 Å². The third kappa shape index (κ3) is 3.85. The Morgan fingerprint density at radius 3 is 2.64 bits per heavy atom. The normalized spacial score (nSPS) is 22.2. The van der Waals surface area contributed by atoms with E-state index in [2.05, 4.69) is 20.2 Å². The Balaban J connectivity index is 1.78. The molecule has 190 valence electrons. The van der Waals surface area contributed by atoms with Crippen LogP contribution in [0.25, 0.3) is 17.7 Å². The van der Waals surface area contributed by atoms with Gasteiger partial charge in [0.1, 0.15) is 11.4 Å². The SMILES string of the molecule is Nc1cc(C(F)(F)F)c2nc1-c1nnc(o1)C(O)(C(F)(F)F)c1cc(ccn1)C=CC[C@@H]1CCCN21. The van der Waals surface area contributed by atoms with Crippen LogP contribution >= 0.6 is 0 Å². The lowest BCUT2D eigenvalue weighted by molar-refractivity contribution is -0.257. The Morgan fingerprint density at radius 1 is 1.14 bits per heavy atom. The number of hydrogen-bond acceptors (Lipinski definition) is 8. The molecule has 3 N–H and O–H groups in total. The van der Waals surface area contributed by atoms with Gasteiger partial charge in [-0.1, -0.05) is 12.2 Å². The number of alkyl halides is 6. The molecule has 0 aliphatic carbocycles. The van der Waals surface area contributed by atoms with Gasteiger partial charge in [-0.2, -0.15) is 26.3 Å². The minimum absolute atomic E-state index is 0.278. The fourth-order valence-corrected chi connectivity index (χ4v) is 4.43. The van der Waals surface area contributed by atoms with Crippen molar-refractivity contribution in [3.8, 4) is 11.6 Å². The average Bonchev–Trinajstić information content (AvgIpc) is 3.47. The van der Waals surface area contributed by atoms with Crippen LogP contribution in [0.1, 0.15) is 42.0 Å². The zero-order valence-corrected chi connectivity index (χ0v) is 18.3. The molecule has 0 saturated carbocycles. The Morgan fingerprint density at radius 2 is 1.92 bits per heavy atom. The number of rotatable bonds is 0. The highest BCUT2D eigenvalue weighted by molar-refractivity contribution is 5.72. The molecule has 36 heavy (non-hydrogen) atoms. The summed E-state index contributed by atoms with van der Waals surface area (Å²) in [5.41, 5.74) is -0.578. The standard InChI is InChI=1S/C22H18F6N6O2/c23-21(24,25)13-10-14(29)16-18-32-33-19(36-18)20(35,22(26,27)28)15-9-11(6-7-30-15)3-1-4-12-5-2-8-34(12)17(13)31-16/h1,3,6-7,9-10,12,35H,2,4-5,8,29H2/t12-,20?/m1/s1. The summed E-state index contributed by atoms with van der Waals surface area (Å²) >= 11 is 0. The number of nitrogens with two attached hydrogens (primary N) is 1. The number of nitrogen functional groups attached to an aromatic ring is 1. The quantitative estimate of drug-likeness (QED) is 0.429. The first-order chi connectivity index (χ1) is 16.9. The molecule has 0 spiro atoms. The Labute approximate surface area is 199 Å². The summed E-state index contributed by atoms with van der Waals surface area (Å²) in [6.07, 6.45) is -4.43. The van der Waals surface area contributed by atoms with Crippen LogP contribution in [0, 0.1) is 0 Å². The van der Waals surface area contributed by atoms with Crippen molar-refractivity contribution in [1.82, 2.24) is 20.2 Å². The number of halogens is 6. The molecule has 3 aromatic heterocycles. The third-order valence-electron chi connectivity index (χ3n) is 6.21. The van der Waals surface area contributed by atoms with Gasteiger partial charge in [0, 0.05) is 18.8 Å². The smallest absolute Gasteiger partial charge is 0.415 e. The molecule has 0 amide bonds. The Bertz CT molecular complexity index is 1340. The second-order valence-corrected chi connectivity index (χ2v) is 8.52. The maximum atomic E-state index is 14.2. The maximum Gasteiger partial charge on any atom is 0.432 e. The van der Waals surface area contributed by atoms with E-state index in [0.717, 1.165) is 12.3 Å². The molecule has 8 nitrogen and oxygen atoms in total. The number of nitrogens with zero attached hydrogens (tertiary/aromatic N) is 5. The molecule has 0 radical (unpaired) electrons. The van der Waals surface area contributed by atoms with E-state index in [1.54, 1.807) is 6.08 Å². The molecule has 3 aromatic rings. The van der Waals surface area contributed by atoms with Gasteiger partial charge in [-0.25, -0.2) is 4.98 Å². The van der Waals surface area contributed by atoms with E-state index in [4.69, 9.17) is 10.2 Å². The van der Waals surface area contributed by atoms with Crippen LogP contribution in [-0.4, -0.2) is 44.0 Å². The molecule has 5 heterocycles. The van der Waals surface area contributed by atoms with Crippen molar-refractivity contribution in [2.24, 2.45) is 0 Å². The van der Waals surface area contributed by atoms with Crippen LogP contribution in [0.3, 0.4) is 0 Å². The van der Waals surface area contributed by atoms with Crippen LogP contribution in [-0.2, 0) is 11.8 Å². The summed E-state index contributed by atoms with van der Waals surface area (Å²) in [6, 6.07) is 2.73. The lowest BCUT2D eigenvalue weighted by Gasteiger charge is -2.28. The first-order valence-electron chi connectivity index (χ1n) is 10.8. The molecule has 1 fully saturated rings. The molecule has 2 aliphatic heterocycles. The molecule has 0 aromatic carbocycles. The fourth-order valence-electron chi connectivity index (χ4n) is 4.43. The van der Waals surface area contributed by atoms with Gasteiger partial charge in [0.25, 0.3) is 17.4 Å². The summed E-state index contributed by atoms with van der Waals surface area (Å²) < 4.78 is 89.4. The van der Waals surface area contributed by atoms with E-state index in [1.807, 2.05) is 0 Å².